The Morgan fingerprint density at radius 1 is 1.20 bits per heavy atom. The van der Waals surface area contributed by atoms with Gasteiger partial charge < -0.3 is 14.6 Å². The van der Waals surface area contributed by atoms with Crippen LogP contribution in [0, 0.1) is 18.3 Å². The van der Waals surface area contributed by atoms with E-state index in [1.54, 1.807) is 13.2 Å². The van der Waals surface area contributed by atoms with Gasteiger partial charge in [-0.3, -0.25) is 9.69 Å². The Bertz CT molecular complexity index is 1070. The summed E-state index contributed by atoms with van der Waals surface area (Å²) in [6, 6.07) is 15.2. The van der Waals surface area contributed by atoms with Crippen LogP contribution in [0.3, 0.4) is 0 Å². The van der Waals surface area contributed by atoms with Crippen LogP contribution < -0.4 is 9.47 Å². The van der Waals surface area contributed by atoms with E-state index in [4.69, 9.17) is 9.47 Å². The zero-order chi connectivity index (χ0) is 21.5. The highest BCUT2D eigenvalue weighted by atomic mass is 32.2. The van der Waals surface area contributed by atoms with Gasteiger partial charge in [0.15, 0.2) is 17.2 Å². The van der Waals surface area contributed by atoms with Crippen molar-refractivity contribution in [2.24, 2.45) is 0 Å². The van der Waals surface area contributed by atoms with Crippen molar-refractivity contribution in [1.82, 2.24) is 4.90 Å². The average molecular weight is 423 g/mol. The molecule has 2 unspecified atom stereocenters. The van der Waals surface area contributed by atoms with E-state index in [2.05, 4.69) is 6.07 Å². The Balaban J connectivity index is 1.83. The first-order valence-corrected chi connectivity index (χ1v) is 10.5. The number of carbonyl (C=O) groups is 1. The molecule has 4 rings (SSSR count). The minimum absolute atomic E-state index is 0.0602. The number of nitriles is 1. The van der Waals surface area contributed by atoms with Crippen LogP contribution in [-0.2, 0) is 10.5 Å². The maximum Gasteiger partial charge on any atom is 0.231 e. The van der Waals surface area contributed by atoms with Gasteiger partial charge in [0.1, 0.15) is 0 Å². The van der Waals surface area contributed by atoms with E-state index in [-0.39, 0.29) is 18.1 Å². The lowest BCUT2D eigenvalue weighted by Gasteiger charge is -2.38. The number of aliphatic hydroxyl groups is 1. The van der Waals surface area contributed by atoms with Crippen molar-refractivity contribution in [3.63, 3.8) is 0 Å². The third-order valence-corrected chi connectivity index (χ3v) is 6.86. The predicted molar refractivity (Wildman–Crippen MR) is 114 cm³/mol. The van der Waals surface area contributed by atoms with Gasteiger partial charge in [-0.05, 0) is 13.0 Å². The standard InChI is InChI=1S/C23H22N2O4S/c1-14-7-9-15(10-8-14)23(27)13-30-22-18(12-24)17(11-20(26)25(22)23)16-5-4-6-19(28-2)21(16)29-3/h4-10,17,27H,11,13H2,1-3H3. The smallest absolute Gasteiger partial charge is 0.231 e. The highest BCUT2D eigenvalue weighted by Gasteiger charge is 2.52. The second kappa shape index (κ2) is 7.71. The third-order valence-electron chi connectivity index (χ3n) is 5.63. The molecule has 0 radical (unpaired) electrons. The van der Waals surface area contributed by atoms with Crippen molar-refractivity contribution in [2.75, 3.05) is 20.0 Å². The molecule has 1 saturated heterocycles. The van der Waals surface area contributed by atoms with Crippen molar-refractivity contribution in [1.29, 1.82) is 5.26 Å². The zero-order valence-electron chi connectivity index (χ0n) is 17.0. The average Bonchev–Trinajstić information content (AvgIpc) is 3.12. The van der Waals surface area contributed by atoms with Crippen molar-refractivity contribution in [3.05, 3.63) is 69.8 Å². The van der Waals surface area contributed by atoms with E-state index < -0.39 is 11.6 Å². The Morgan fingerprint density at radius 2 is 1.93 bits per heavy atom. The Hall–Kier alpha value is -2.95. The lowest BCUT2D eigenvalue weighted by molar-refractivity contribution is -0.149. The van der Waals surface area contributed by atoms with Crippen molar-refractivity contribution < 1.29 is 19.4 Å². The van der Waals surface area contributed by atoms with E-state index in [1.807, 2.05) is 43.3 Å². The van der Waals surface area contributed by atoms with Crippen LogP contribution in [0.15, 0.2) is 53.1 Å². The molecule has 2 aromatic carbocycles. The summed E-state index contributed by atoms with van der Waals surface area (Å²) in [6.07, 6.45) is 0.0602. The fraction of sp³-hybridized carbons (Fsp3) is 0.304. The molecule has 7 heteroatoms. The second-order valence-electron chi connectivity index (χ2n) is 7.37. The number of methoxy groups -OCH3 is 2. The van der Waals surface area contributed by atoms with E-state index in [0.717, 1.165) is 11.1 Å². The predicted octanol–water partition coefficient (Wildman–Crippen LogP) is 3.66. The van der Waals surface area contributed by atoms with Gasteiger partial charge in [0.2, 0.25) is 5.91 Å². The minimum Gasteiger partial charge on any atom is -0.493 e. The number of nitrogens with zero attached hydrogens (tertiary/aromatic N) is 2. The summed E-state index contributed by atoms with van der Waals surface area (Å²) in [6.45, 7) is 1.97. The van der Waals surface area contributed by atoms with Gasteiger partial charge in [0, 0.05) is 23.5 Å². The number of amides is 1. The molecule has 1 amide bonds. The number of hydrogen-bond donors (Lipinski definition) is 1. The molecule has 0 spiro atoms. The van der Waals surface area contributed by atoms with Crippen LogP contribution in [0.1, 0.15) is 29.0 Å². The summed E-state index contributed by atoms with van der Waals surface area (Å²) in [4.78, 5) is 14.7. The number of hydrogen-bond acceptors (Lipinski definition) is 6. The van der Waals surface area contributed by atoms with Crippen LogP contribution in [0.2, 0.25) is 0 Å². The normalized spacial score (nSPS) is 23.2. The summed E-state index contributed by atoms with van der Waals surface area (Å²) in [5.74, 6) is 0.627. The van der Waals surface area contributed by atoms with E-state index in [0.29, 0.717) is 27.7 Å². The van der Waals surface area contributed by atoms with E-state index >= 15 is 0 Å². The number of allylic oxidation sites excluding steroid dienone is 1. The van der Waals surface area contributed by atoms with E-state index in [9.17, 15) is 15.2 Å². The Labute approximate surface area is 179 Å². The highest BCUT2D eigenvalue weighted by Crippen LogP contribution is 2.53. The molecule has 2 aliphatic rings. The third kappa shape index (κ3) is 3.04. The molecule has 2 atom stereocenters. The van der Waals surface area contributed by atoms with Gasteiger partial charge in [-0.15, -0.1) is 11.8 Å². The molecular formula is C23H22N2O4S. The first kappa shape index (κ1) is 20.3. The fourth-order valence-electron chi connectivity index (χ4n) is 4.11. The summed E-state index contributed by atoms with van der Waals surface area (Å²) in [7, 11) is 3.09. The summed E-state index contributed by atoms with van der Waals surface area (Å²) in [5, 5.41) is 22.0. The van der Waals surface area contributed by atoms with Crippen LogP contribution in [0.25, 0.3) is 0 Å². The summed E-state index contributed by atoms with van der Waals surface area (Å²) in [5.41, 5.74) is 1.40. The largest absolute Gasteiger partial charge is 0.493 e. The molecule has 2 aliphatic heterocycles. The number of rotatable bonds is 4. The van der Waals surface area contributed by atoms with Gasteiger partial charge in [0.25, 0.3) is 0 Å². The van der Waals surface area contributed by atoms with Crippen LogP contribution in [0.5, 0.6) is 11.5 Å². The molecule has 6 nitrogen and oxygen atoms in total. The maximum absolute atomic E-state index is 13.3. The fourth-order valence-corrected chi connectivity index (χ4v) is 5.47. The molecule has 2 aromatic rings. The first-order chi connectivity index (χ1) is 14.4. The van der Waals surface area contributed by atoms with Crippen molar-refractivity contribution >= 4 is 17.7 Å². The van der Waals surface area contributed by atoms with Gasteiger partial charge in [-0.1, -0.05) is 42.0 Å². The SMILES string of the molecule is COc1cccc(C2CC(=O)N3C(=C2C#N)SCC3(O)c2ccc(C)cc2)c1OC. The monoisotopic (exact) mass is 422 g/mol. The first-order valence-electron chi connectivity index (χ1n) is 9.55. The highest BCUT2D eigenvalue weighted by molar-refractivity contribution is 8.03. The minimum atomic E-state index is -1.48. The quantitative estimate of drug-likeness (QED) is 0.810. The lowest BCUT2D eigenvalue weighted by atomic mass is 9.84. The molecule has 1 fully saturated rings. The molecular weight excluding hydrogens is 400 g/mol. The number of thioether (sulfide) groups is 1. The van der Waals surface area contributed by atoms with Crippen molar-refractivity contribution in [2.45, 2.75) is 25.0 Å². The lowest BCUT2D eigenvalue weighted by Crippen LogP contribution is -2.48. The topological polar surface area (TPSA) is 82.8 Å². The van der Waals surface area contributed by atoms with Gasteiger partial charge in [0.05, 0.1) is 36.6 Å². The molecule has 154 valence electrons. The number of fused-ring (bicyclic) bond motifs is 1. The summed E-state index contributed by atoms with van der Waals surface area (Å²) >= 11 is 1.33. The van der Waals surface area contributed by atoms with Gasteiger partial charge in [-0.25, -0.2) is 0 Å². The molecule has 0 aliphatic carbocycles. The second-order valence-corrected chi connectivity index (χ2v) is 8.33. The van der Waals surface area contributed by atoms with Crippen LogP contribution >= 0.6 is 11.8 Å². The number of ether oxygens (including phenoxy) is 2. The molecule has 0 saturated carbocycles. The zero-order valence-corrected chi connectivity index (χ0v) is 17.8. The molecule has 30 heavy (non-hydrogen) atoms. The molecule has 0 aromatic heterocycles. The number of carbonyl (C=O) groups excluding carboxylic acids is 1. The van der Waals surface area contributed by atoms with Crippen molar-refractivity contribution in [3.8, 4) is 17.6 Å². The van der Waals surface area contributed by atoms with Crippen LogP contribution in [0.4, 0.5) is 0 Å². The molecule has 1 N–H and O–H groups in total. The van der Waals surface area contributed by atoms with Gasteiger partial charge >= 0.3 is 0 Å². The van der Waals surface area contributed by atoms with Crippen LogP contribution in [-0.4, -0.2) is 35.9 Å². The molecule has 2 heterocycles. The number of para-hydroxylation sites is 1. The van der Waals surface area contributed by atoms with E-state index in [1.165, 1.54) is 23.8 Å². The number of benzene rings is 2. The summed E-state index contributed by atoms with van der Waals surface area (Å²) < 4.78 is 10.9. The van der Waals surface area contributed by atoms with Gasteiger partial charge in [-0.2, -0.15) is 5.26 Å². The Morgan fingerprint density at radius 3 is 2.57 bits per heavy atom. The molecule has 0 bridgehead atoms. The number of aryl methyl sites for hydroxylation is 1. The Kier molecular flexibility index (Phi) is 5.22. The maximum atomic E-state index is 13.3.